The second-order valence-corrected chi connectivity index (χ2v) is 6.81. The van der Waals surface area contributed by atoms with E-state index < -0.39 is 11.6 Å². The highest BCUT2D eigenvalue weighted by molar-refractivity contribution is 6.08. The summed E-state index contributed by atoms with van der Waals surface area (Å²) in [4.78, 5) is 25.4. The minimum Gasteiger partial charge on any atom is -0.462 e. The van der Waals surface area contributed by atoms with E-state index in [0.29, 0.717) is 19.6 Å². The largest absolute Gasteiger partial charge is 0.462 e. The van der Waals surface area contributed by atoms with Crippen LogP contribution in [-0.2, 0) is 14.3 Å². The number of likely N-dealkylation sites (tertiary alicyclic amines) is 1. The van der Waals surface area contributed by atoms with Crippen molar-refractivity contribution >= 4 is 18.3 Å². The number of piperidine rings is 1. The molecule has 0 aromatic rings. The number of carbonyl (C=O) groups is 2. The number of nitrogens with one attached hydrogen (secondary N) is 2. The first-order valence-electron chi connectivity index (χ1n) is 8.36. The van der Waals surface area contributed by atoms with E-state index >= 15 is 0 Å². The lowest BCUT2D eigenvalue weighted by Crippen LogP contribution is -2.44. The normalized spacial score (nSPS) is 18.8. The molecule has 0 spiro atoms. The van der Waals surface area contributed by atoms with Crippen LogP contribution in [0, 0.1) is 11.3 Å². The highest BCUT2D eigenvalue weighted by atomic mass is 16.6. The molecule has 1 rings (SSSR count). The zero-order chi connectivity index (χ0) is 18.2. The number of rotatable bonds is 6. The minimum atomic E-state index is -0.515. The van der Waals surface area contributed by atoms with Crippen molar-refractivity contribution in [3.63, 3.8) is 0 Å². The molecule has 1 atom stereocenters. The standard InChI is InChI=1S/C17H29N3O4/c1-5-23-15(21)14(9-18)11-19-10-13-7-6-8-20(12-13)16(22)24-17(2,3)4/h9,11,13,18-19H,5-8,10,12H2,1-4H3/b14-11+,18-9?. The number of hydrogen-bond donors (Lipinski definition) is 2. The molecule has 136 valence electrons. The van der Waals surface area contributed by atoms with Crippen LogP contribution in [0.3, 0.4) is 0 Å². The molecule has 1 heterocycles. The van der Waals surface area contributed by atoms with Crippen LogP contribution in [0.25, 0.3) is 0 Å². The van der Waals surface area contributed by atoms with Crippen LogP contribution in [0.5, 0.6) is 0 Å². The fraction of sp³-hybridized carbons (Fsp3) is 0.706. The van der Waals surface area contributed by atoms with Crippen LogP contribution >= 0.6 is 0 Å². The summed E-state index contributed by atoms with van der Waals surface area (Å²) in [5.41, 5.74) is -0.319. The van der Waals surface area contributed by atoms with Crippen LogP contribution in [0.2, 0.25) is 0 Å². The summed E-state index contributed by atoms with van der Waals surface area (Å²) >= 11 is 0. The first-order chi connectivity index (χ1) is 11.3. The van der Waals surface area contributed by atoms with Gasteiger partial charge < -0.3 is 25.1 Å². The summed E-state index contributed by atoms with van der Waals surface area (Å²) in [5.74, 6) is -0.240. The Hall–Kier alpha value is -2.05. The molecule has 2 N–H and O–H groups in total. The topological polar surface area (TPSA) is 91.7 Å². The second kappa shape index (κ2) is 9.30. The molecular weight excluding hydrogens is 310 g/mol. The Morgan fingerprint density at radius 3 is 2.67 bits per heavy atom. The van der Waals surface area contributed by atoms with Gasteiger partial charge in [-0.3, -0.25) is 0 Å². The molecule has 0 aliphatic carbocycles. The third kappa shape index (κ3) is 7.02. The van der Waals surface area contributed by atoms with E-state index in [2.05, 4.69) is 5.32 Å². The van der Waals surface area contributed by atoms with Gasteiger partial charge in [0.2, 0.25) is 0 Å². The van der Waals surface area contributed by atoms with Crippen molar-refractivity contribution < 1.29 is 19.1 Å². The molecule has 1 fully saturated rings. The Labute approximate surface area is 143 Å². The third-order valence-corrected chi connectivity index (χ3v) is 3.50. The summed E-state index contributed by atoms with van der Waals surface area (Å²) in [6.45, 7) is 9.51. The second-order valence-electron chi connectivity index (χ2n) is 6.81. The Morgan fingerprint density at radius 2 is 2.08 bits per heavy atom. The summed E-state index contributed by atoms with van der Waals surface area (Å²) in [5, 5.41) is 10.3. The van der Waals surface area contributed by atoms with Gasteiger partial charge >= 0.3 is 12.1 Å². The van der Waals surface area contributed by atoms with Crippen molar-refractivity contribution in [2.45, 2.75) is 46.1 Å². The number of carbonyl (C=O) groups excluding carboxylic acids is 2. The van der Waals surface area contributed by atoms with E-state index in [1.807, 2.05) is 20.8 Å². The van der Waals surface area contributed by atoms with Crippen molar-refractivity contribution in [2.75, 3.05) is 26.2 Å². The van der Waals surface area contributed by atoms with Crippen molar-refractivity contribution in [3.05, 3.63) is 11.8 Å². The van der Waals surface area contributed by atoms with Crippen molar-refractivity contribution in [1.29, 1.82) is 5.41 Å². The lowest BCUT2D eigenvalue weighted by molar-refractivity contribution is -0.137. The molecule has 0 bridgehead atoms. The summed E-state index contributed by atoms with van der Waals surface area (Å²) in [7, 11) is 0. The zero-order valence-corrected chi connectivity index (χ0v) is 15.1. The van der Waals surface area contributed by atoms with Crippen molar-refractivity contribution in [3.8, 4) is 0 Å². The van der Waals surface area contributed by atoms with Gasteiger partial charge in [-0.1, -0.05) is 0 Å². The predicted molar refractivity (Wildman–Crippen MR) is 92.0 cm³/mol. The third-order valence-electron chi connectivity index (χ3n) is 3.50. The molecule has 1 amide bonds. The van der Waals surface area contributed by atoms with Crippen LogP contribution in [-0.4, -0.2) is 55.0 Å². The molecule has 1 aliphatic heterocycles. The van der Waals surface area contributed by atoms with E-state index in [9.17, 15) is 9.59 Å². The van der Waals surface area contributed by atoms with Gasteiger partial charge in [0.25, 0.3) is 0 Å². The Bertz CT molecular complexity index is 483. The van der Waals surface area contributed by atoms with Gasteiger partial charge in [-0.05, 0) is 46.5 Å². The predicted octanol–water partition coefficient (Wildman–Crippen LogP) is 2.32. The average Bonchev–Trinajstić information content (AvgIpc) is 2.50. The first-order valence-corrected chi connectivity index (χ1v) is 8.36. The first kappa shape index (κ1) is 20.0. The van der Waals surface area contributed by atoms with Crippen LogP contribution in [0.1, 0.15) is 40.5 Å². The van der Waals surface area contributed by atoms with E-state index in [1.54, 1.807) is 11.8 Å². The number of amides is 1. The maximum Gasteiger partial charge on any atom is 0.410 e. The molecule has 1 saturated heterocycles. The van der Waals surface area contributed by atoms with Crippen LogP contribution < -0.4 is 5.32 Å². The zero-order valence-electron chi connectivity index (χ0n) is 15.1. The molecule has 1 aliphatic rings. The highest BCUT2D eigenvalue weighted by Gasteiger charge is 2.27. The Kier molecular flexibility index (Phi) is 7.74. The number of nitrogens with zero attached hydrogens (tertiary/aromatic N) is 1. The summed E-state index contributed by atoms with van der Waals surface area (Å²) < 4.78 is 10.3. The summed E-state index contributed by atoms with van der Waals surface area (Å²) in [6, 6.07) is 0. The lowest BCUT2D eigenvalue weighted by atomic mass is 9.98. The monoisotopic (exact) mass is 339 g/mol. The quantitative estimate of drug-likeness (QED) is 0.440. The molecular formula is C17H29N3O4. The lowest BCUT2D eigenvalue weighted by Gasteiger charge is -2.34. The fourth-order valence-electron chi connectivity index (χ4n) is 2.43. The molecule has 1 unspecified atom stereocenters. The van der Waals surface area contributed by atoms with Crippen molar-refractivity contribution in [2.24, 2.45) is 5.92 Å². The number of hydrogen-bond acceptors (Lipinski definition) is 6. The van der Waals surface area contributed by atoms with Gasteiger partial charge in [-0.2, -0.15) is 0 Å². The summed E-state index contributed by atoms with van der Waals surface area (Å²) in [6.07, 6.45) is 4.11. The molecule has 0 saturated carbocycles. The smallest absolute Gasteiger partial charge is 0.410 e. The molecule has 0 aromatic carbocycles. The van der Waals surface area contributed by atoms with E-state index in [1.165, 1.54) is 6.20 Å². The van der Waals surface area contributed by atoms with Crippen LogP contribution in [0.4, 0.5) is 4.79 Å². The van der Waals surface area contributed by atoms with E-state index in [4.69, 9.17) is 14.9 Å². The van der Waals surface area contributed by atoms with Gasteiger partial charge in [-0.25, -0.2) is 9.59 Å². The maximum atomic E-state index is 12.1. The van der Waals surface area contributed by atoms with E-state index in [0.717, 1.165) is 19.1 Å². The van der Waals surface area contributed by atoms with Gasteiger partial charge in [0.1, 0.15) is 5.60 Å². The molecule has 7 nitrogen and oxygen atoms in total. The fourth-order valence-corrected chi connectivity index (χ4v) is 2.43. The van der Waals surface area contributed by atoms with Gasteiger partial charge in [0, 0.05) is 32.0 Å². The minimum absolute atomic E-state index is 0.177. The average molecular weight is 339 g/mol. The molecule has 7 heteroatoms. The molecule has 24 heavy (non-hydrogen) atoms. The van der Waals surface area contributed by atoms with E-state index in [-0.39, 0.29) is 24.2 Å². The maximum absolute atomic E-state index is 12.1. The van der Waals surface area contributed by atoms with Crippen molar-refractivity contribution in [1.82, 2.24) is 10.2 Å². The highest BCUT2D eigenvalue weighted by Crippen LogP contribution is 2.18. The number of ether oxygens (including phenoxy) is 2. The molecule has 0 radical (unpaired) electrons. The SMILES string of the molecule is CCOC(=O)/C(C=N)=C/NCC1CCCN(C(=O)OC(C)(C)C)C1. The number of esters is 1. The Morgan fingerprint density at radius 1 is 1.38 bits per heavy atom. The molecule has 0 aromatic heterocycles. The van der Waals surface area contributed by atoms with Gasteiger partial charge in [0.05, 0.1) is 12.2 Å². The van der Waals surface area contributed by atoms with Gasteiger partial charge in [0.15, 0.2) is 0 Å². The Balaban J connectivity index is 2.49. The van der Waals surface area contributed by atoms with Crippen LogP contribution in [0.15, 0.2) is 11.8 Å². The van der Waals surface area contributed by atoms with Gasteiger partial charge in [-0.15, -0.1) is 0 Å².